The van der Waals surface area contributed by atoms with Crippen LogP contribution in [0, 0.1) is 0 Å². The number of aromatic nitrogens is 2. The van der Waals surface area contributed by atoms with E-state index < -0.39 is 0 Å². The Kier molecular flexibility index (Phi) is 4.15. The minimum Gasteiger partial charge on any atom is -0.342 e. The number of nitrogens with one attached hydrogen (secondary N) is 1. The summed E-state index contributed by atoms with van der Waals surface area (Å²) in [4.78, 5) is 33.1. The lowest BCUT2D eigenvalue weighted by atomic mass is 9.94. The summed E-state index contributed by atoms with van der Waals surface area (Å²) < 4.78 is 0. The van der Waals surface area contributed by atoms with Gasteiger partial charge in [-0.15, -0.1) is 11.3 Å². The van der Waals surface area contributed by atoms with E-state index in [-0.39, 0.29) is 17.5 Å². The summed E-state index contributed by atoms with van der Waals surface area (Å²) in [5, 5.41) is 1.99. The molecule has 3 heterocycles. The molecule has 1 saturated heterocycles. The molecular formula is C15H17N3O2S. The maximum Gasteiger partial charge on any atom is 0.345 e. The Labute approximate surface area is 126 Å². The highest BCUT2D eigenvalue weighted by Crippen LogP contribution is 2.25. The van der Waals surface area contributed by atoms with Crippen LogP contribution >= 0.6 is 11.3 Å². The van der Waals surface area contributed by atoms with E-state index in [0.29, 0.717) is 13.0 Å². The Bertz CT molecular complexity index is 666. The summed E-state index contributed by atoms with van der Waals surface area (Å²) in [7, 11) is 0. The molecule has 1 amide bonds. The van der Waals surface area contributed by atoms with Crippen molar-refractivity contribution in [1.82, 2.24) is 14.9 Å². The quantitative estimate of drug-likeness (QED) is 0.940. The highest BCUT2D eigenvalue weighted by Gasteiger charge is 2.25. The fraction of sp³-hybridized carbons (Fsp3) is 0.400. The molecule has 0 saturated carbocycles. The smallest absolute Gasteiger partial charge is 0.342 e. The van der Waals surface area contributed by atoms with Crippen molar-refractivity contribution >= 4 is 17.2 Å². The summed E-state index contributed by atoms with van der Waals surface area (Å²) >= 11 is 1.61. The van der Waals surface area contributed by atoms with Crippen LogP contribution in [0.4, 0.5) is 0 Å². The number of piperidine rings is 1. The molecule has 21 heavy (non-hydrogen) atoms. The molecule has 1 aliphatic rings. The summed E-state index contributed by atoms with van der Waals surface area (Å²) in [5.74, 6) is 0.361. The minimum atomic E-state index is -0.325. The first-order chi connectivity index (χ1) is 10.2. The van der Waals surface area contributed by atoms with Crippen LogP contribution in [0.25, 0.3) is 0 Å². The average Bonchev–Trinajstić information content (AvgIpc) is 3.00. The minimum absolute atomic E-state index is 0.165. The first kappa shape index (κ1) is 14.0. The second kappa shape index (κ2) is 6.22. The second-order valence-corrected chi connectivity index (χ2v) is 6.30. The normalized spacial score (nSPS) is 18.7. The third-order valence-electron chi connectivity index (χ3n) is 3.82. The molecule has 0 aromatic carbocycles. The number of aromatic amines is 1. The number of amides is 1. The zero-order chi connectivity index (χ0) is 14.7. The predicted molar refractivity (Wildman–Crippen MR) is 81.4 cm³/mol. The van der Waals surface area contributed by atoms with Crippen LogP contribution in [0.5, 0.6) is 0 Å². The Balaban J connectivity index is 1.68. The second-order valence-electron chi connectivity index (χ2n) is 5.27. The topological polar surface area (TPSA) is 66.1 Å². The Morgan fingerprint density at radius 1 is 1.48 bits per heavy atom. The SMILES string of the molecule is O=C(Cc1cccs1)N1CCCC(c2ccnc(=O)[nH]2)C1. The van der Waals surface area contributed by atoms with E-state index in [1.165, 1.54) is 6.20 Å². The Morgan fingerprint density at radius 3 is 3.14 bits per heavy atom. The molecule has 1 fully saturated rings. The lowest BCUT2D eigenvalue weighted by Gasteiger charge is -2.32. The van der Waals surface area contributed by atoms with Crippen LogP contribution in [-0.2, 0) is 11.2 Å². The van der Waals surface area contributed by atoms with Crippen molar-refractivity contribution in [3.05, 3.63) is 50.8 Å². The van der Waals surface area contributed by atoms with E-state index in [9.17, 15) is 9.59 Å². The lowest BCUT2D eigenvalue weighted by Crippen LogP contribution is -2.40. The highest BCUT2D eigenvalue weighted by atomic mass is 32.1. The zero-order valence-corrected chi connectivity index (χ0v) is 12.4. The van der Waals surface area contributed by atoms with Crippen molar-refractivity contribution in [3.63, 3.8) is 0 Å². The Morgan fingerprint density at radius 2 is 2.38 bits per heavy atom. The molecule has 0 spiro atoms. The molecule has 5 nitrogen and oxygen atoms in total. The van der Waals surface area contributed by atoms with Gasteiger partial charge in [-0.05, 0) is 30.4 Å². The van der Waals surface area contributed by atoms with Crippen molar-refractivity contribution in [3.8, 4) is 0 Å². The summed E-state index contributed by atoms with van der Waals surface area (Å²) in [6.07, 6.45) is 3.95. The molecule has 110 valence electrons. The number of nitrogens with zero attached hydrogens (tertiary/aromatic N) is 2. The largest absolute Gasteiger partial charge is 0.345 e. The number of carbonyl (C=O) groups excluding carboxylic acids is 1. The number of likely N-dealkylation sites (tertiary alicyclic amines) is 1. The molecule has 3 rings (SSSR count). The van der Waals surface area contributed by atoms with Crippen molar-refractivity contribution in [2.24, 2.45) is 0 Å². The van der Waals surface area contributed by atoms with E-state index in [1.54, 1.807) is 11.3 Å². The van der Waals surface area contributed by atoms with E-state index in [4.69, 9.17) is 0 Å². The molecule has 1 aliphatic heterocycles. The fourth-order valence-corrected chi connectivity index (χ4v) is 3.45. The average molecular weight is 303 g/mol. The predicted octanol–water partition coefficient (Wildman–Crippen LogP) is 1.78. The molecule has 2 aromatic rings. The lowest BCUT2D eigenvalue weighted by molar-refractivity contribution is -0.131. The summed E-state index contributed by atoms with van der Waals surface area (Å²) in [5.41, 5.74) is 0.554. The number of H-pyrrole nitrogens is 1. The molecular weight excluding hydrogens is 286 g/mol. The summed E-state index contributed by atoms with van der Waals surface area (Å²) in [6.45, 7) is 1.47. The van der Waals surface area contributed by atoms with Gasteiger partial charge in [0.05, 0.1) is 6.42 Å². The maximum atomic E-state index is 12.4. The van der Waals surface area contributed by atoms with Gasteiger partial charge in [-0.1, -0.05) is 6.07 Å². The van der Waals surface area contributed by atoms with Crippen molar-refractivity contribution in [1.29, 1.82) is 0 Å². The molecule has 0 aliphatic carbocycles. The van der Waals surface area contributed by atoms with Gasteiger partial charge in [0, 0.05) is 35.8 Å². The Hall–Kier alpha value is -1.95. The van der Waals surface area contributed by atoms with Gasteiger partial charge in [0.1, 0.15) is 0 Å². The molecule has 1 N–H and O–H groups in total. The van der Waals surface area contributed by atoms with Gasteiger partial charge in [0.2, 0.25) is 5.91 Å². The van der Waals surface area contributed by atoms with E-state index in [2.05, 4.69) is 9.97 Å². The van der Waals surface area contributed by atoms with E-state index in [1.807, 2.05) is 28.5 Å². The standard InChI is InChI=1S/C15H17N3O2S/c19-14(9-12-4-2-8-21-12)18-7-1-3-11(10-18)13-5-6-16-15(20)17-13/h2,4-6,8,11H,1,3,7,9-10H2,(H,16,17,20). The van der Waals surface area contributed by atoms with Gasteiger partial charge in [-0.2, -0.15) is 0 Å². The molecule has 6 heteroatoms. The third kappa shape index (κ3) is 3.39. The van der Waals surface area contributed by atoms with E-state index >= 15 is 0 Å². The van der Waals surface area contributed by atoms with Crippen molar-refractivity contribution in [2.45, 2.75) is 25.2 Å². The first-order valence-electron chi connectivity index (χ1n) is 7.08. The first-order valence-corrected chi connectivity index (χ1v) is 7.96. The van der Waals surface area contributed by atoms with Gasteiger partial charge in [0.25, 0.3) is 0 Å². The summed E-state index contributed by atoms with van der Waals surface area (Å²) in [6, 6.07) is 5.79. The van der Waals surface area contributed by atoms with Gasteiger partial charge < -0.3 is 9.88 Å². The van der Waals surface area contributed by atoms with Crippen LogP contribution < -0.4 is 5.69 Å². The van der Waals surface area contributed by atoms with Gasteiger partial charge in [-0.3, -0.25) is 4.79 Å². The number of hydrogen-bond donors (Lipinski definition) is 1. The van der Waals surface area contributed by atoms with Crippen LogP contribution in [0.3, 0.4) is 0 Å². The zero-order valence-electron chi connectivity index (χ0n) is 11.6. The van der Waals surface area contributed by atoms with Crippen molar-refractivity contribution in [2.75, 3.05) is 13.1 Å². The number of rotatable bonds is 3. The van der Waals surface area contributed by atoms with Crippen LogP contribution in [0.15, 0.2) is 34.6 Å². The maximum absolute atomic E-state index is 12.4. The number of carbonyl (C=O) groups is 1. The highest BCUT2D eigenvalue weighted by molar-refractivity contribution is 7.10. The molecule has 0 bridgehead atoms. The number of hydrogen-bond acceptors (Lipinski definition) is 4. The fourth-order valence-electron chi connectivity index (χ4n) is 2.75. The van der Waals surface area contributed by atoms with Crippen LogP contribution in [0.1, 0.15) is 29.3 Å². The third-order valence-corrected chi connectivity index (χ3v) is 4.69. The number of thiophene rings is 1. The van der Waals surface area contributed by atoms with E-state index in [0.717, 1.165) is 30.0 Å². The van der Waals surface area contributed by atoms with Crippen molar-refractivity contribution < 1.29 is 4.79 Å². The van der Waals surface area contributed by atoms with Crippen LogP contribution in [0.2, 0.25) is 0 Å². The van der Waals surface area contributed by atoms with Gasteiger partial charge in [-0.25, -0.2) is 9.78 Å². The molecule has 2 aromatic heterocycles. The molecule has 1 unspecified atom stereocenters. The van der Waals surface area contributed by atoms with Gasteiger partial charge >= 0.3 is 5.69 Å². The van der Waals surface area contributed by atoms with Gasteiger partial charge in [0.15, 0.2) is 0 Å². The molecule has 0 radical (unpaired) electrons. The van der Waals surface area contributed by atoms with Crippen LogP contribution in [-0.4, -0.2) is 33.9 Å². The monoisotopic (exact) mass is 303 g/mol. The molecule has 1 atom stereocenters.